The third-order valence-electron chi connectivity index (χ3n) is 2.62. The number of rotatable bonds is 5. The summed E-state index contributed by atoms with van der Waals surface area (Å²) >= 11 is 1.81. The summed E-state index contributed by atoms with van der Waals surface area (Å²) in [6, 6.07) is 5.23. The molecule has 1 aromatic carbocycles. The average Bonchev–Trinajstić information content (AvgIpc) is 2.23. The molecular formula is C13H20FNS. The molecule has 0 aliphatic heterocycles. The highest BCUT2D eigenvalue weighted by atomic mass is 32.2. The molecule has 90 valence electrons. The summed E-state index contributed by atoms with van der Waals surface area (Å²) < 4.78 is 13.6. The fourth-order valence-electron chi connectivity index (χ4n) is 1.41. The van der Waals surface area contributed by atoms with E-state index in [9.17, 15) is 4.39 Å². The van der Waals surface area contributed by atoms with E-state index in [-0.39, 0.29) is 10.6 Å². The van der Waals surface area contributed by atoms with Crippen LogP contribution >= 0.6 is 11.8 Å². The van der Waals surface area contributed by atoms with E-state index in [4.69, 9.17) is 0 Å². The first-order chi connectivity index (χ1) is 7.44. The average molecular weight is 241 g/mol. The third kappa shape index (κ3) is 4.14. The summed E-state index contributed by atoms with van der Waals surface area (Å²) in [5, 5.41) is 3.30. The number of nitrogens with one attached hydrogen (secondary N) is 1. The van der Waals surface area contributed by atoms with Gasteiger partial charge in [0, 0.05) is 23.4 Å². The molecule has 1 nitrogen and oxygen atoms in total. The molecule has 0 fully saturated rings. The molecule has 0 saturated carbocycles. The maximum Gasteiger partial charge on any atom is 0.127 e. The van der Waals surface area contributed by atoms with Crippen molar-refractivity contribution >= 4 is 11.8 Å². The highest BCUT2D eigenvalue weighted by molar-refractivity contribution is 7.99. The molecule has 1 rings (SSSR count). The highest BCUT2D eigenvalue weighted by Crippen LogP contribution is 2.20. The lowest BCUT2D eigenvalue weighted by Crippen LogP contribution is -2.31. The maximum absolute atomic E-state index is 13.4. The van der Waals surface area contributed by atoms with Gasteiger partial charge in [-0.1, -0.05) is 17.7 Å². The van der Waals surface area contributed by atoms with Crippen molar-refractivity contribution in [1.82, 2.24) is 5.32 Å². The summed E-state index contributed by atoms with van der Waals surface area (Å²) in [4.78, 5) is 0. The molecule has 0 amide bonds. The molecule has 0 radical (unpaired) electrons. The normalized spacial score (nSPS) is 11.8. The Morgan fingerprint density at radius 2 is 2.06 bits per heavy atom. The largest absolute Gasteiger partial charge is 0.311 e. The van der Waals surface area contributed by atoms with Crippen molar-refractivity contribution in [3.05, 3.63) is 35.1 Å². The number of benzene rings is 1. The Kier molecular flexibility index (Phi) is 4.81. The lowest BCUT2D eigenvalue weighted by molar-refractivity contribution is 0.559. The van der Waals surface area contributed by atoms with Crippen molar-refractivity contribution in [2.45, 2.75) is 32.1 Å². The van der Waals surface area contributed by atoms with E-state index in [1.165, 1.54) is 6.07 Å². The van der Waals surface area contributed by atoms with Crippen LogP contribution in [0.2, 0.25) is 0 Å². The van der Waals surface area contributed by atoms with Crippen LogP contribution in [0.4, 0.5) is 4.39 Å². The van der Waals surface area contributed by atoms with Gasteiger partial charge in [-0.15, -0.1) is 0 Å². The maximum atomic E-state index is 13.4. The van der Waals surface area contributed by atoms with Gasteiger partial charge in [0.2, 0.25) is 0 Å². The van der Waals surface area contributed by atoms with Crippen LogP contribution in [0.25, 0.3) is 0 Å². The summed E-state index contributed by atoms with van der Waals surface area (Å²) in [7, 11) is 0. The molecule has 1 N–H and O–H groups in total. The van der Waals surface area contributed by atoms with Crippen molar-refractivity contribution in [1.29, 1.82) is 0 Å². The first-order valence-corrected chi connectivity index (χ1v) is 6.68. The smallest absolute Gasteiger partial charge is 0.127 e. The SMILES string of the molecule is CSC(C)(C)CNCc1cc(C)ccc1F. The highest BCUT2D eigenvalue weighted by Gasteiger charge is 2.15. The van der Waals surface area contributed by atoms with Gasteiger partial charge in [0.15, 0.2) is 0 Å². The first kappa shape index (κ1) is 13.5. The lowest BCUT2D eigenvalue weighted by atomic mass is 10.1. The van der Waals surface area contributed by atoms with Gasteiger partial charge in [-0.3, -0.25) is 0 Å². The van der Waals surface area contributed by atoms with Crippen molar-refractivity contribution in [3.8, 4) is 0 Å². The number of halogens is 1. The van der Waals surface area contributed by atoms with Crippen LogP contribution in [0.1, 0.15) is 25.0 Å². The second kappa shape index (κ2) is 5.69. The topological polar surface area (TPSA) is 12.0 Å². The fourth-order valence-corrected chi connectivity index (χ4v) is 1.66. The first-order valence-electron chi connectivity index (χ1n) is 5.45. The number of hydrogen-bond donors (Lipinski definition) is 1. The van der Waals surface area contributed by atoms with Crippen LogP contribution < -0.4 is 5.32 Å². The van der Waals surface area contributed by atoms with Crippen molar-refractivity contribution in [3.63, 3.8) is 0 Å². The predicted molar refractivity (Wildman–Crippen MR) is 70.4 cm³/mol. The van der Waals surface area contributed by atoms with Crippen LogP contribution in [-0.4, -0.2) is 17.5 Å². The van der Waals surface area contributed by atoms with Crippen LogP contribution in [0, 0.1) is 12.7 Å². The minimum absolute atomic E-state index is 0.125. The third-order valence-corrected chi connectivity index (χ3v) is 3.87. The fraction of sp³-hybridized carbons (Fsp3) is 0.538. The van der Waals surface area contributed by atoms with Crippen LogP contribution in [0.15, 0.2) is 18.2 Å². The Balaban J connectivity index is 2.52. The zero-order chi connectivity index (χ0) is 12.2. The van der Waals surface area contributed by atoms with Gasteiger partial charge in [-0.05, 0) is 33.1 Å². The second-order valence-electron chi connectivity index (χ2n) is 4.66. The van der Waals surface area contributed by atoms with Gasteiger partial charge in [0.25, 0.3) is 0 Å². The Hall–Kier alpha value is -0.540. The minimum atomic E-state index is -0.125. The van der Waals surface area contributed by atoms with Crippen LogP contribution in [-0.2, 0) is 6.54 Å². The summed E-state index contributed by atoms with van der Waals surface area (Å²) in [5.41, 5.74) is 1.85. The molecule has 16 heavy (non-hydrogen) atoms. The van der Waals surface area contributed by atoms with Crippen molar-refractivity contribution in [2.24, 2.45) is 0 Å². The van der Waals surface area contributed by atoms with Crippen LogP contribution in [0.3, 0.4) is 0 Å². The van der Waals surface area contributed by atoms with Gasteiger partial charge in [0.1, 0.15) is 5.82 Å². The number of aryl methyl sites for hydroxylation is 1. The van der Waals surface area contributed by atoms with E-state index in [2.05, 4.69) is 25.4 Å². The van der Waals surface area contributed by atoms with Gasteiger partial charge in [0.05, 0.1) is 0 Å². The predicted octanol–water partition coefficient (Wildman–Crippen LogP) is 3.37. The van der Waals surface area contributed by atoms with E-state index in [1.807, 2.05) is 24.8 Å². The van der Waals surface area contributed by atoms with E-state index >= 15 is 0 Å². The Morgan fingerprint density at radius 3 is 2.69 bits per heavy atom. The standard InChI is InChI=1S/C13H20FNS/c1-10-5-6-12(14)11(7-10)8-15-9-13(2,3)16-4/h5-7,15H,8-9H2,1-4H3. The molecular weight excluding hydrogens is 221 g/mol. The van der Waals surface area contributed by atoms with Crippen molar-refractivity contribution in [2.75, 3.05) is 12.8 Å². The molecule has 0 atom stereocenters. The zero-order valence-electron chi connectivity index (χ0n) is 10.4. The molecule has 0 heterocycles. The molecule has 0 aromatic heterocycles. The molecule has 0 unspecified atom stereocenters. The molecule has 3 heteroatoms. The molecule has 1 aromatic rings. The monoisotopic (exact) mass is 241 g/mol. The van der Waals surface area contributed by atoms with E-state index < -0.39 is 0 Å². The summed E-state index contributed by atoms with van der Waals surface area (Å²) in [5.74, 6) is -0.125. The number of hydrogen-bond acceptors (Lipinski definition) is 2. The molecule has 0 aliphatic carbocycles. The summed E-state index contributed by atoms with van der Waals surface area (Å²) in [6.45, 7) is 7.81. The Labute approximate surface area is 102 Å². The van der Waals surface area contributed by atoms with Gasteiger partial charge < -0.3 is 5.32 Å². The lowest BCUT2D eigenvalue weighted by Gasteiger charge is -2.22. The van der Waals surface area contributed by atoms with Gasteiger partial charge >= 0.3 is 0 Å². The van der Waals surface area contributed by atoms with Gasteiger partial charge in [-0.25, -0.2) is 4.39 Å². The molecule has 0 saturated heterocycles. The second-order valence-corrected chi connectivity index (χ2v) is 6.18. The van der Waals surface area contributed by atoms with Crippen LogP contribution in [0.5, 0.6) is 0 Å². The van der Waals surface area contributed by atoms with E-state index in [1.54, 1.807) is 6.07 Å². The quantitative estimate of drug-likeness (QED) is 0.848. The molecule has 0 spiro atoms. The Bertz CT molecular complexity index is 350. The van der Waals surface area contributed by atoms with Crippen molar-refractivity contribution < 1.29 is 4.39 Å². The van der Waals surface area contributed by atoms with E-state index in [0.29, 0.717) is 6.54 Å². The summed E-state index contributed by atoms with van der Waals surface area (Å²) in [6.07, 6.45) is 2.09. The van der Waals surface area contributed by atoms with Gasteiger partial charge in [-0.2, -0.15) is 11.8 Å². The molecule has 0 bridgehead atoms. The minimum Gasteiger partial charge on any atom is -0.311 e. The zero-order valence-corrected chi connectivity index (χ0v) is 11.2. The Morgan fingerprint density at radius 1 is 1.38 bits per heavy atom. The van der Waals surface area contributed by atoms with E-state index in [0.717, 1.165) is 17.7 Å². The molecule has 0 aliphatic rings. The number of thioether (sulfide) groups is 1.